The van der Waals surface area contributed by atoms with Crippen molar-refractivity contribution >= 4 is 21.6 Å². The lowest BCUT2D eigenvalue weighted by Crippen LogP contribution is -2.39. The minimum absolute atomic E-state index is 0.0568. The average molecular weight is 352 g/mol. The van der Waals surface area contributed by atoms with Gasteiger partial charge in [0.2, 0.25) is 0 Å². The number of hydrogen-bond donors (Lipinski definition) is 2. The smallest absolute Gasteiger partial charge is 0.332 e. The number of rotatable bonds is 8. The van der Waals surface area contributed by atoms with E-state index in [2.05, 4.69) is 5.32 Å². The van der Waals surface area contributed by atoms with Gasteiger partial charge in [-0.15, -0.1) is 11.3 Å². The molecule has 3 rings (SSSR count). The number of nitrogens with one attached hydrogen (secondary N) is 1. The van der Waals surface area contributed by atoms with Crippen molar-refractivity contribution in [1.82, 2.24) is 14.5 Å². The number of ether oxygens (including phenoxy) is 1. The van der Waals surface area contributed by atoms with E-state index >= 15 is 0 Å². The van der Waals surface area contributed by atoms with Gasteiger partial charge in [0, 0.05) is 37.7 Å². The van der Waals surface area contributed by atoms with E-state index in [-0.39, 0.29) is 17.3 Å². The third kappa shape index (κ3) is 3.06. The molecule has 0 spiro atoms. The number of nitrogens with zero attached hydrogens (tertiary/aromatic N) is 2. The van der Waals surface area contributed by atoms with E-state index in [1.165, 1.54) is 15.9 Å². The van der Waals surface area contributed by atoms with Crippen LogP contribution in [0.3, 0.4) is 0 Å². The van der Waals surface area contributed by atoms with Crippen LogP contribution in [0.5, 0.6) is 0 Å². The highest BCUT2D eigenvalue weighted by atomic mass is 32.1. The second-order valence-corrected chi connectivity index (χ2v) is 7.21. The Morgan fingerprint density at radius 2 is 2.12 bits per heavy atom. The van der Waals surface area contributed by atoms with Crippen molar-refractivity contribution < 1.29 is 4.74 Å². The molecule has 0 unspecified atom stereocenters. The molecule has 7 nitrogen and oxygen atoms in total. The summed E-state index contributed by atoms with van der Waals surface area (Å²) in [5.74, 6) is 0. The Labute approximate surface area is 144 Å². The van der Waals surface area contributed by atoms with Crippen LogP contribution in [-0.4, -0.2) is 35.9 Å². The first kappa shape index (κ1) is 17.3. The molecule has 132 valence electrons. The SMILES string of the molecule is COCCn1c(=O)n(C2CC2)c(=O)c2c(C)c(CNCCN)sc21. The summed E-state index contributed by atoms with van der Waals surface area (Å²) in [5.41, 5.74) is 6.12. The molecule has 0 bridgehead atoms. The van der Waals surface area contributed by atoms with Gasteiger partial charge in [-0.05, 0) is 25.3 Å². The molecule has 0 saturated heterocycles. The summed E-state index contributed by atoms with van der Waals surface area (Å²) in [4.78, 5) is 27.6. The minimum Gasteiger partial charge on any atom is -0.383 e. The van der Waals surface area contributed by atoms with E-state index in [1.807, 2.05) is 6.92 Å². The predicted octanol–water partition coefficient (Wildman–Crippen LogP) is 0.563. The van der Waals surface area contributed by atoms with E-state index in [9.17, 15) is 9.59 Å². The summed E-state index contributed by atoms with van der Waals surface area (Å²) >= 11 is 1.51. The van der Waals surface area contributed by atoms with E-state index in [1.54, 1.807) is 11.7 Å². The second kappa shape index (κ2) is 7.18. The van der Waals surface area contributed by atoms with Crippen LogP contribution in [-0.2, 0) is 17.8 Å². The van der Waals surface area contributed by atoms with Gasteiger partial charge in [0.15, 0.2) is 0 Å². The maximum Gasteiger partial charge on any atom is 0.332 e. The minimum atomic E-state index is -0.213. The molecule has 1 saturated carbocycles. The molecule has 8 heteroatoms. The van der Waals surface area contributed by atoms with Crippen LogP contribution in [0.15, 0.2) is 9.59 Å². The number of aryl methyl sites for hydroxylation is 1. The molecule has 1 aliphatic rings. The third-order valence-electron chi connectivity index (χ3n) is 4.38. The van der Waals surface area contributed by atoms with Crippen LogP contribution >= 0.6 is 11.3 Å². The van der Waals surface area contributed by atoms with Gasteiger partial charge in [-0.25, -0.2) is 4.79 Å². The van der Waals surface area contributed by atoms with Crippen LogP contribution in [0.4, 0.5) is 0 Å². The molecule has 0 aliphatic heterocycles. The number of nitrogens with two attached hydrogens (primary N) is 1. The first-order valence-corrected chi connectivity index (χ1v) is 9.08. The van der Waals surface area contributed by atoms with Gasteiger partial charge in [-0.2, -0.15) is 0 Å². The van der Waals surface area contributed by atoms with Crippen molar-refractivity contribution in [2.45, 2.75) is 38.9 Å². The Bertz CT molecular complexity index is 848. The van der Waals surface area contributed by atoms with Crippen molar-refractivity contribution in [3.05, 3.63) is 31.3 Å². The van der Waals surface area contributed by atoms with Crippen molar-refractivity contribution in [1.29, 1.82) is 0 Å². The molecule has 0 atom stereocenters. The monoisotopic (exact) mass is 352 g/mol. The van der Waals surface area contributed by atoms with Gasteiger partial charge >= 0.3 is 5.69 Å². The van der Waals surface area contributed by atoms with Gasteiger partial charge in [0.25, 0.3) is 5.56 Å². The fourth-order valence-corrected chi connectivity index (χ4v) is 4.20. The van der Waals surface area contributed by atoms with Crippen LogP contribution in [0.1, 0.15) is 29.3 Å². The summed E-state index contributed by atoms with van der Waals surface area (Å²) < 4.78 is 8.28. The highest BCUT2D eigenvalue weighted by Gasteiger charge is 2.30. The van der Waals surface area contributed by atoms with Gasteiger partial charge in [-0.3, -0.25) is 13.9 Å². The molecule has 1 aliphatic carbocycles. The van der Waals surface area contributed by atoms with Crippen molar-refractivity contribution in [2.75, 3.05) is 26.8 Å². The summed E-state index contributed by atoms with van der Waals surface area (Å²) in [5, 5.41) is 3.94. The largest absolute Gasteiger partial charge is 0.383 e. The summed E-state index contributed by atoms with van der Waals surface area (Å²) in [6, 6.07) is 0.0568. The molecule has 2 aromatic heterocycles. The summed E-state index contributed by atoms with van der Waals surface area (Å²) in [6.45, 7) is 4.79. The number of thiophene rings is 1. The quantitative estimate of drug-likeness (QED) is 0.678. The van der Waals surface area contributed by atoms with Crippen molar-refractivity contribution in [3.8, 4) is 0 Å². The fraction of sp³-hybridized carbons (Fsp3) is 0.625. The molecule has 1 fully saturated rings. The summed E-state index contributed by atoms with van der Waals surface area (Å²) in [7, 11) is 1.61. The third-order valence-corrected chi connectivity index (χ3v) is 5.69. The molecule has 0 aromatic carbocycles. The Hall–Kier alpha value is -1.48. The van der Waals surface area contributed by atoms with E-state index < -0.39 is 0 Å². The maximum atomic E-state index is 12.9. The normalized spacial score (nSPS) is 14.6. The Balaban J connectivity index is 2.17. The standard InChI is InChI=1S/C16H24N4O3S/c1-10-12(9-18-6-5-17)24-15-13(10)14(21)20(11-3-4-11)16(22)19(15)7-8-23-2/h11,18H,3-9,17H2,1-2H3. The summed E-state index contributed by atoms with van der Waals surface area (Å²) in [6.07, 6.45) is 1.80. The van der Waals surface area contributed by atoms with Crippen LogP contribution in [0.2, 0.25) is 0 Å². The molecule has 2 aromatic rings. The van der Waals surface area contributed by atoms with Gasteiger partial charge in [0.1, 0.15) is 4.83 Å². The lowest BCUT2D eigenvalue weighted by atomic mass is 10.2. The Kier molecular flexibility index (Phi) is 5.19. The van der Waals surface area contributed by atoms with Crippen molar-refractivity contribution in [2.24, 2.45) is 5.73 Å². The zero-order valence-corrected chi connectivity index (χ0v) is 14.9. The fourth-order valence-electron chi connectivity index (χ4n) is 2.92. The predicted molar refractivity (Wildman–Crippen MR) is 96.0 cm³/mol. The molecule has 0 radical (unpaired) electrons. The van der Waals surface area contributed by atoms with Gasteiger partial charge in [-0.1, -0.05) is 0 Å². The van der Waals surface area contributed by atoms with E-state index in [4.69, 9.17) is 10.5 Å². The van der Waals surface area contributed by atoms with Gasteiger partial charge < -0.3 is 15.8 Å². The van der Waals surface area contributed by atoms with Gasteiger partial charge in [0.05, 0.1) is 18.5 Å². The molecule has 3 N–H and O–H groups in total. The zero-order chi connectivity index (χ0) is 17.3. The second-order valence-electron chi connectivity index (χ2n) is 6.13. The van der Waals surface area contributed by atoms with Crippen LogP contribution in [0, 0.1) is 6.92 Å². The first-order valence-electron chi connectivity index (χ1n) is 8.27. The highest BCUT2D eigenvalue weighted by molar-refractivity contribution is 7.18. The first-order chi connectivity index (χ1) is 11.6. The zero-order valence-electron chi connectivity index (χ0n) is 14.1. The molecular weight excluding hydrogens is 328 g/mol. The van der Waals surface area contributed by atoms with E-state index in [0.29, 0.717) is 31.6 Å². The van der Waals surface area contributed by atoms with Crippen LogP contribution in [0.25, 0.3) is 10.2 Å². The molecule has 0 amide bonds. The lowest BCUT2D eigenvalue weighted by molar-refractivity contribution is 0.186. The molecule has 2 heterocycles. The maximum absolute atomic E-state index is 12.9. The number of hydrogen-bond acceptors (Lipinski definition) is 6. The number of aromatic nitrogens is 2. The average Bonchev–Trinajstić information content (AvgIpc) is 3.33. The Morgan fingerprint density at radius 3 is 2.75 bits per heavy atom. The van der Waals surface area contributed by atoms with Crippen molar-refractivity contribution in [3.63, 3.8) is 0 Å². The molecular formula is C16H24N4O3S. The highest BCUT2D eigenvalue weighted by Crippen LogP contribution is 2.34. The van der Waals surface area contributed by atoms with E-state index in [0.717, 1.165) is 34.7 Å². The Morgan fingerprint density at radius 1 is 1.38 bits per heavy atom. The lowest BCUT2D eigenvalue weighted by Gasteiger charge is -2.11. The topological polar surface area (TPSA) is 91.3 Å². The number of methoxy groups -OCH3 is 1. The van der Waals surface area contributed by atoms with Crippen LogP contribution < -0.4 is 22.3 Å². The number of fused-ring (bicyclic) bond motifs is 1. The molecule has 24 heavy (non-hydrogen) atoms.